The third-order valence-electron chi connectivity index (χ3n) is 6.26. The topological polar surface area (TPSA) is 15.3 Å². The summed E-state index contributed by atoms with van der Waals surface area (Å²) in [6.45, 7) is 13.2. The first-order chi connectivity index (χ1) is 14.8. The fraction of sp³-hybridized carbons (Fsp3) is 0.500. The molecule has 168 valence electrons. The SMILES string of the molecule is C=C(NCCC)c1ccc(-c2ccc(CCC3CCN(CC(C)(C)F)CC3)cc2)cc1. The van der Waals surface area contributed by atoms with Crippen LogP contribution in [0.3, 0.4) is 0 Å². The molecule has 0 saturated carbocycles. The summed E-state index contributed by atoms with van der Waals surface area (Å²) in [5, 5.41) is 3.35. The molecule has 1 aliphatic heterocycles. The van der Waals surface area contributed by atoms with E-state index < -0.39 is 5.67 Å². The molecular formula is C28H39FN2. The summed E-state index contributed by atoms with van der Waals surface area (Å²) >= 11 is 0. The van der Waals surface area contributed by atoms with Gasteiger partial charge in [0.15, 0.2) is 0 Å². The zero-order chi connectivity index (χ0) is 22.3. The molecule has 0 aromatic heterocycles. The quantitative estimate of drug-likeness (QED) is 0.457. The van der Waals surface area contributed by atoms with Crippen LogP contribution in [0.25, 0.3) is 16.8 Å². The molecule has 2 aromatic carbocycles. The van der Waals surface area contributed by atoms with Crippen LogP contribution in [0.5, 0.6) is 0 Å². The highest BCUT2D eigenvalue weighted by Gasteiger charge is 2.25. The van der Waals surface area contributed by atoms with Crippen molar-refractivity contribution >= 4 is 5.70 Å². The number of rotatable bonds is 10. The Balaban J connectivity index is 1.47. The molecule has 1 aliphatic rings. The minimum atomic E-state index is -1.09. The number of aryl methyl sites for hydroxylation is 1. The van der Waals surface area contributed by atoms with E-state index in [-0.39, 0.29) is 0 Å². The van der Waals surface area contributed by atoms with Crippen LogP contribution in [-0.4, -0.2) is 36.7 Å². The van der Waals surface area contributed by atoms with Gasteiger partial charge in [-0.05, 0) is 87.2 Å². The van der Waals surface area contributed by atoms with Crippen LogP contribution in [0, 0.1) is 5.92 Å². The third kappa shape index (κ3) is 7.50. The number of hydrogen-bond acceptors (Lipinski definition) is 2. The number of hydrogen-bond donors (Lipinski definition) is 1. The Hall–Kier alpha value is -2.13. The van der Waals surface area contributed by atoms with E-state index in [0.717, 1.165) is 49.7 Å². The number of alkyl halides is 1. The van der Waals surface area contributed by atoms with Gasteiger partial charge in [-0.25, -0.2) is 4.39 Å². The maximum absolute atomic E-state index is 13.8. The number of piperidine rings is 1. The van der Waals surface area contributed by atoms with Gasteiger partial charge in [0.05, 0.1) is 0 Å². The molecule has 0 atom stereocenters. The highest BCUT2D eigenvalue weighted by Crippen LogP contribution is 2.26. The molecule has 2 aromatic rings. The second-order valence-corrected chi connectivity index (χ2v) is 9.66. The van der Waals surface area contributed by atoms with E-state index >= 15 is 0 Å². The largest absolute Gasteiger partial charge is 0.385 e. The van der Waals surface area contributed by atoms with Crippen molar-refractivity contribution in [1.29, 1.82) is 0 Å². The summed E-state index contributed by atoms with van der Waals surface area (Å²) in [7, 11) is 0. The summed E-state index contributed by atoms with van der Waals surface area (Å²) in [6.07, 6.45) is 5.84. The van der Waals surface area contributed by atoms with Gasteiger partial charge in [0.25, 0.3) is 0 Å². The van der Waals surface area contributed by atoms with E-state index in [0.29, 0.717) is 6.54 Å². The van der Waals surface area contributed by atoms with E-state index in [1.165, 1.54) is 36.0 Å². The molecule has 0 amide bonds. The van der Waals surface area contributed by atoms with E-state index in [1.54, 1.807) is 13.8 Å². The number of nitrogens with zero attached hydrogens (tertiary/aromatic N) is 1. The molecule has 2 nitrogen and oxygen atoms in total. The smallest absolute Gasteiger partial charge is 0.118 e. The van der Waals surface area contributed by atoms with Gasteiger partial charge in [0, 0.05) is 18.8 Å². The van der Waals surface area contributed by atoms with Gasteiger partial charge in [0.1, 0.15) is 5.67 Å². The normalized spacial score (nSPS) is 15.7. The van der Waals surface area contributed by atoms with Gasteiger partial charge in [-0.1, -0.05) is 62.0 Å². The molecule has 0 spiro atoms. The molecule has 0 bridgehead atoms. The number of benzene rings is 2. The van der Waals surface area contributed by atoms with Crippen molar-refractivity contribution in [2.75, 3.05) is 26.2 Å². The molecular weight excluding hydrogens is 383 g/mol. The van der Waals surface area contributed by atoms with Gasteiger partial charge >= 0.3 is 0 Å². The Morgan fingerprint density at radius 1 is 1.03 bits per heavy atom. The van der Waals surface area contributed by atoms with Gasteiger partial charge in [-0.15, -0.1) is 0 Å². The lowest BCUT2D eigenvalue weighted by atomic mass is 9.90. The summed E-state index contributed by atoms with van der Waals surface area (Å²) in [4.78, 5) is 2.28. The van der Waals surface area contributed by atoms with E-state index in [4.69, 9.17) is 0 Å². The van der Waals surface area contributed by atoms with Gasteiger partial charge in [0.2, 0.25) is 0 Å². The fourth-order valence-corrected chi connectivity index (χ4v) is 4.44. The average Bonchev–Trinajstić information content (AvgIpc) is 2.76. The minimum absolute atomic E-state index is 0.561. The molecule has 31 heavy (non-hydrogen) atoms. The van der Waals surface area contributed by atoms with Gasteiger partial charge in [-0.2, -0.15) is 0 Å². The average molecular weight is 423 g/mol. The molecule has 1 saturated heterocycles. The van der Waals surface area contributed by atoms with Crippen molar-refractivity contribution in [2.45, 2.75) is 58.5 Å². The first kappa shape index (κ1) is 23.5. The Morgan fingerprint density at radius 3 is 2.16 bits per heavy atom. The number of halogens is 1. The van der Waals surface area contributed by atoms with Crippen molar-refractivity contribution < 1.29 is 4.39 Å². The summed E-state index contributed by atoms with van der Waals surface area (Å²) in [6, 6.07) is 17.7. The Morgan fingerprint density at radius 2 is 1.61 bits per heavy atom. The second kappa shape index (κ2) is 10.9. The van der Waals surface area contributed by atoms with Crippen LogP contribution in [0.15, 0.2) is 55.1 Å². The first-order valence-electron chi connectivity index (χ1n) is 11.9. The molecule has 0 radical (unpaired) electrons. The van der Waals surface area contributed by atoms with Crippen molar-refractivity contribution in [3.8, 4) is 11.1 Å². The maximum atomic E-state index is 13.8. The van der Waals surface area contributed by atoms with E-state index in [1.807, 2.05) is 0 Å². The molecule has 1 fully saturated rings. The predicted molar refractivity (Wildman–Crippen MR) is 132 cm³/mol. The maximum Gasteiger partial charge on any atom is 0.118 e. The zero-order valence-electron chi connectivity index (χ0n) is 19.6. The Bertz CT molecular complexity index is 810. The summed E-state index contributed by atoms with van der Waals surface area (Å²) < 4.78 is 13.8. The van der Waals surface area contributed by atoms with Crippen LogP contribution < -0.4 is 5.32 Å². The van der Waals surface area contributed by atoms with Crippen LogP contribution in [0.4, 0.5) is 4.39 Å². The zero-order valence-corrected chi connectivity index (χ0v) is 19.6. The monoisotopic (exact) mass is 422 g/mol. The minimum Gasteiger partial charge on any atom is -0.385 e. The van der Waals surface area contributed by atoms with Crippen molar-refractivity contribution in [2.24, 2.45) is 5.92 Å². The molecule has 0 unspecified atom stereocenters. The predicted octanol–water partition coefficient (Wildman–Crippen LogP) is 6.72. The molecule has 3 heteroatoms. The molecule has 3 rings (SSSR count). The lowest BCUT2D eigenvalue weighted by Gasteiger charge is -2.34. The third-order valence-corrected chi connectivity index (χ3v) is 6.26. The van der Waals surface area contributed by atoms with Crippen LogP contribution in [-0.2, 0) is 6.42 Å². The van der Waals surface area contributed by atoms with Crippen molar-refractivity contribution in [3.05, 3.63) is 66.2 Å². The van der Waals surface area contributed by atoms with E-state index in [9.17, 15) is 4.39 Å². The Kier molecular flexibility index (Phi) is 8.31. The molecule has 1 N–H and O–H groups in total. The van der Waals surface area contributed by atoms with Crippen LogP contribution in [0.1, 0.15) is 57.6 Å². The summed E-state index contributed by atoms with van der Waals surface area (Å²) in [5.74, 6) is 0.764. The second-order valence-electron chi connectivity index (χ2n) is 9.66. The standard InChI is InChI=1S/C28H39FN2/c1-5-18-30-22(2)25-12-14-27(15-13-25)26-10-8-23(9-11-26)6-7-24-16-19-31(20-17-24)21-28(3,4)29/h8-15,24,30H,2,5-7,16-21H2,1,3-4H3. The highest BCUT2D eigenvalue weighted by atomic mass is 19.1. The molecule has 1 heterocycles. The van der Waals surface area contributed by atoms with E-state index in [2.05, 4.69) is 72.3 Å². The Labute approximate surface area is 188 Å². The van der Waals surface area contributed by atoms with Gasteiger partial charge in [-0.3, -0.25) is 0 Å². The molecule has 0 aliphatic carbocycles. The number of likely N-dealkylation sites (tertiary alicyclic amines) is 1. The van der Waals surface area contributed by atoms with Crippen molar-refractivity contribution in [3.63, 3.8) is 0 Å². The fourth-order valence-electron chi connectivity index (χ4n) is 4.44. The first-order valence-corrected chi connectivity index (χ1v) is 11.9. The van der Waals surface area contributed by atoms with Crippen LogP contribution in [0.2, 0.25) is 0 Å². The lowest BCUT2D eigenvalue weighted by molar-refractivity contribution is 0.0943. The lowest BCUT2D eigenvalue weighted by Crippen LogP contribution is -2.41. The number of nitrogens with one attached hydrogen (secondary N) is 1. The van der Waals surface area contributed by atoms with Gasteiger partial charge < -0.3 is 10.2 Å². The van der Waals surface area contributed by atoms with Crippen LogP contribution >= 0.6 is 0 Å². The van der Waals surface area contributed by atoms with Crippen molar-refractivity contribution in [1.82, 2.24) is 10.2 Å². The summed E-state index contributed by atoms with van der Waals surface area (Å²) in [5.41, 5.74) is 4.95. The highest BCUT2D eigenvalue weighted by molar-refractivity contribution is 5.68.